The van der Waals surface area contributed by atoms with Gasteiger partial charge >= 0.3 is 0 Å². The van der Waals surface area contributed by atoms with Crippen LogP contribution in [0.1, 0.15) is 11.3 Å². The van der Waals surface area contributed by atoms with Gasteiger partial charge in [-0.2, -0.15) is 0 Å². The largest absolute Gasteiger partial charge is 0.435 e. The maximum Gasteiger partial charge on any atom is 0.241 e. The van der Waals surface area contributed by atoms with Crippen LogP contribution in [-0.4, -0.2) is 9.97 Å². The Labute approximate surface area is 117 Å². The number of anilines is 1. The lowest BCUT2D eigenvalue weighted by Crippen LogP contribution is -1.99. The summed E-state index contributed by atoms with van der Waals surface area (Å²) in [5.74, 6) is 1.10. The number of benzene rings is 2. The van der Waals surface area contributed by atoms with E-state index in [0.717, 1.165) is 22.3 Å². The molecule has 2 N–H and O–H groups in total. The molecule has 0 saturated carbocycles. The van der Waals surface area contributed by atoms with Crippen molar-refractivity contribution in [2.75, 3.05) is 5.73 Å². The Bertz CT molecular complexity index is 784. The van der Waals surface area contributed by atoms with E-state index in [0.29, 0.717) is 17.3 Å². The molecule has 0 saturated heterocycles. The summed E-state index contributed by atoms with van der Waals surface area (Å²) in [7, 11) is 0. The molecule has 1 aromatic heterocycles. The molecule has 4 nitrogen and oxygen atoms in total. The fourth-order valence-electron chi connectivity index (χ4n) is 2.02. The number of aryl methyl sites for hydroxylation is 2. The zero-order chi connectivity index (χ0) is 14.1. The number of aromatic nitrogens is 2. The first-order chi connectivity index (χ1) is 9.65. The van der Waals surface area contributed by atoms with Gasteiger partial charge in [0.25, 0.3) is 0 Å². The molecule has 4 heteroatoms. The normalized spacial score (nSPS) is 10.7. The van der Waals surface area contributed by atoms with E-state index >= 15 is 0 Å². The fourth-order valence-corrected chi connectivity index (χ4v) is 2.02. The Balaban J connectivity index is 2.06. The zero-order valence-corrected chi connectivity index (χ0v) is 11.4. The molecule has 20 heavy (non-hydrogen) atoms. The van der Waals surface area contributed by atoms with Crippen LogP contribution in [0.15, 0.2) is 42.5 Å². The summed E-state index contributed by atoms with van der Waals surface area (Å²) in [4.78, 5) is 9.00. The minimum atomic E-state index is 0.487. The maximum absolute atomic E-state index is 6.02. The number of para-hydroxylation sites is 3. The second kappa shape index (κ2) is 4.81. The van der Waals surface area contributed by atoms with Crippen LogP contribution in [0, 0.1) is 13.8 Å². The maximum atomic E-state index is 6.02. The Kier molecular flexibility index (Phi) is 2.99. The van der Waals surface area contributed by atoms with Gasteiger partial charge in [-0.15, -0.1) is 0 Å². The van der Waals surface area contributed by atoms with Crippen molar-refractivity contribution in [3.05, 3.63) is 53.7 Å². The number of hydrogen-bond donors (Lipinski definition) is 1. The SMILES string of the molecule is Cc1cccc(Oc2nc3ccccc3nc2C)c1N. The summed E-state index contributed by atoms with van der Waals surface area (Å²) in [5, 5.41) is 0. The van der Waals surface area contributed by atoms with Crippen LogP contribution in [0.2, 0.25) is 0 Å². The number of nitrogen functional groups attached to an aromatic ring is 1. The molecule has 100 valence electrons. The van der Waals surface area contributed by atoms with Gasteiger partial charge in [-0.25, -0.2) is 9.97 Å². The third-order valence-electron chi connectivity index (χ3n) is 3.19. The first-order valence-electron chi connectivity index (χ1n) is 6.41. The fraction of sp³-hybridized carbons (Fsp3) is 0.125. The number of nitrogens with zero attached hydrogens (tertiary/aromatic N) is 2. The van der Waals surface area contributed by atoms with Crippen molar-refractivity contribution in [2.45, 2.75) is 13.8 Å². The number of nitrogens with two attached hydrogens (primary N) is 1. The highest BCUT2D eigenvalue weighted by Crippen LogP contribution is 2.30. The van der Waals surface area contributed by atoms with Crippen molar-refractivity contribution < 1.29 is 4.74 Å². The first kappa shape index (κ1) is 12.4. The lowest BCUT2D eigenvalue weighted by molar-refractivity contribution is 0.460. The smallest absolute Gasteiger partial charge is 0.241 e. The third-order valence-corrected chi connectivity index (χ3v) is 3.19. The monoisotopic (exact) mass is 265 g/mol. The molecule has 2 aromatic carbocycles. The van der Waals surface area contributed by atoms with Crippen LogP contribution in [-0.2, 0) is 0 Å². The predicted octanol–water partition coefficient (Wildman–Crippen LogP) is 3.62. The van der Waals surface area contributed by atoms with Gasteiger partial charge in [0.05, 0.1) is 16.7 Å². The summed E-state index contributed by atoms with van der Waals surface area (Å²) in [6, 6.07) is 13.4. The Morgan fingerprint density at radius 1 is 0.900 bits per heavy atom. The first-order valence-corrected chi connectivity index (χ1v) is 6.41. The van der Waals surface area contributed by atoms with Crippen LogP contribution in [0.4, 0.5) is 5.69 Å². The molecule has 0 atom stereocenters. The van der Waals surface area contributed by atoms with Crippen LogP contribution >= 0.6 is 0 Å². The molecular weight excluding hydrogens is 250 g/mol. The van der Waals surface area contributed by atoms with Crippen LogP contribution in [0.25, 0.3) is 11.0 Å². The molecule has 0 amide bonds. The Hall–Kier alpha value is -2.62. The van der Waals surface area contributed by atoms with E-state index in [2.05, 4.69) is 9.97 Å². The van der Waals surface area contributed by atoms with Gasteiger partial charge in [0.2, 0.25) is 5.88 Å². The number of rotatable bonds is 2. The van der Waals surface area contributed by atoms with E-state index in [1.165, 1.54) is 0 Å². The average Bonchev–Trinajstić information content (AvgIpc) is 2.44. The summed E-state index contributed by atoms with van der Waals surface area (Å²) >= 11 is 0. The molecule has 0 bridgehead atoms. The zero-order valence-electron chi connectivity index (χ0n) is 11.4. The van der Waals surface area contributed by atoms with E-state index < -0.39 is 0 Å². The molecular formula is C16H15N3O. The molecule has 3 rings (SSSR count). The van der Waals surface area contributed by atoms with E-state index in [9.17, 15) is 0 Å². The van der Waals surface area contributed by atoms with Crippen molar-refractivity contribution in [3.63, 3.8) is 0 Å². The minimum Gasteiger partial charge on any atom is -0.435 e. The van der Waals surface area contributed by atoms with Crippen molar-refractivity contribution in [1.82, 2.24) is 9.97 Å². The minimum absolute atomic E-state index is 0.487. The highest BCUT2D eigenvalue weighted by molar-refractivity contribution is 5.74. The number of fused-ring (bicyclic) bond motifs is 1. The van der Waals surface area contributed by atoms with Gasteiger partial charge in [-0.05, 0) is 37.6 Å². The van der Waals surface area contributed by atoms with E-state index in [4.69, 9.17) is 10.5 Å². The van der Waals surface area contributed by atoms with Crippen molar-refractivity contribution in [3.8, 4) is 11.6 Å². The topological polar surface area (TPSA) is 61.0 Å². The predicted molar refractivity (Wildman–Crippen MR) is 79.9 cm³/mol. The summed E-state index contributed by atoms with van der Waals surface area (Å²) < 4.78 is 5.83. The van der Waals surface area contributed by atoms with Crippen LogP contribution < -0.4 is 10.5 Å². The number of hydrogen-bond acceptors (Lipinski definition) is 4. The Morgan fingerprint density at radius 2 is 1.60 bits per heavy atom. The Morgan fingerprint density at radius 3 is 2.35 bits per heavy atom. The van der Waals surface area contributed by atoms with E-state index in [1.807, 2.05) is 56.3 Å². The van der Waals surface area contributed by atoms with Crippen molar-refractivity contribution >= 4 is 16.7 Å². The molecule has 1 heterocycles. The molecule has 0 unspecified atom stereocenters. The standard InChI is InChI=1S/C16H15N3O/c1-10-6-5-9-14(15(10)17)20-16-11(2)18-12-7-3-4-8-13(12)19-16/h3-9H,17H2,1-2H3. The third kappa shape index (κ3) is 2.16. The molecule has 0 fully saturated rings. The molecule has 0 aliphatic heterocycles. The van der Waals surface area contributed by atoms with Gasteiger partial charge in [-0.3, -0.25) is 0 Å². The molecule has 0 spiro atoms. The summed E-state index contributed by atoms with van der Waals surface area (Å²) in [6.45, 7) is 3.82. The molecule has 0 aliphatic rings. The van der Waals surface area contributed by atoms with Gasteiger partial charge in [0.1, 0.15) is 5.69 Å². The van der Waals surface area contributed by atoms with E-state index in [-0.39, 0.29) is 0 Å². The summed E-state index contributed by atoms with van der Waals surface area (Å²) in [6.07, 6.45) is 0. The molecule has 3 aromatic rings. The lowest BCUT2D eigenvalue weighted by Gasteiger charge is -2.11. The molecule has 0 radical (unpaired) electrons. The second-order valence-electron chi connectivity index (χ2n) is 4.69. The van der Waals surface area contributed by atoms with Gasteiger partial charge < -0.3 is 10.5 Å². The highest BCUT2D eigenvalue weighted by Gasteiger charge is 2.10. The van der Waals surface area contributed by atoms with Crippen molar-refractivity contribution in [2.24, 2.45) is 0 Å². The van der Waals surface area contributed by atoms with Gasteiger partial charge in [-0.1, -0.05) is 24.3 Å². The van der Waals surface area contributed by atoms with Crippen molar-refractivity contribution in [1.29, 1.82) is 0 Å². The van der Waals surface area contributed by atoms with E-state index in [1.54, 1.807) is 0 Å². The number of ether oxygens (including phenoxy) is 1. The van der Waals surface area contributed by atoms with Gasteiger partial charge in [0, 0.05) is 0 Å². The highest BCUT2D eigenvalue weighted by atomic mass is 16.5. The van der Waals surface area contributed by atoms with Crippen LogP contribution in [0.5, 0.6) is 11.6 Å². The summed E-state index contributed by atoms with van der Waals surface area (Å²) in [5.41, 5.74) is 10.0. The average molecular weight is 265 g/mol. The quantitative estimate of drug-likeness (QED) is 0.719. The second-order valence-corrected chi connectivity index (χ2v) is 4.69. The van der Waals surface area contributed by atoms with Gasteiger partial charge in [0.15, 0.2) is 5.75 Å². The molecule has 0 aliphatic carbocycles. The lowest BCUT2D eigenvalue weighted by atomic mass is 10.2. The van der Waals surface area contributed by atoms with Crippen LogP contribution in [0.3, 0.4) is 0 Å².